The maximum atomic E-state index is 12.5. The number of rotatable bonds is 4. The van der Waals surface area contributed by atoms with E-state index in [-0.39, 0.29) is 11.6 Å². The first kappa shape index (κ1) is 13.5. The lowest BCUT2D eigenvalue weighted by molar-refractivity contribution is 0.323. The summed E-state index contributed by atoms with van der Waals surface area (Å²) in [6, 6.07) is 2.05. The third-order valence-corrected chi connectivity index (χ3v) is 4.88. The summed E-state index contributed by atoms with van der Waals surface area (Å²) in [5.74, 6) is 0.482. The van der Waals surface area contributed by atoms with Crippen LogP contribution in [0.25, 0.3) is 10.2 Å². The number of nitrogens with zero attached hydrogens (tertiary/aromatic N) is 1. The van der Waals surface area contributed by atoms with Crippen LogP contribution in [0.4, 0.5) is 0 Å². The molecule has 1 N–H and O–H groups in total. The topological polar surface area (TPSA) is 37.8 Å². The van der Waals surface area contributed by atoms with E-state index in [4.69, 9.17) is 12.2 Å². The molecule has 0 saturated carbocycles. The molecule has 2 rings (SSSR count). The normalized spacial score (nSPS) is 13.3. The average molecular weight is 282 g/mol. The molecule has 1 atom stereocenters. The minimum Gasteiger partial charge on any atom is -0.331 e. The zero-order valence-electron chi connectivity index (χ0n) is 10.9. The minimum absolute atomic E-state index is 0.0446. The van der Waals surface area contributed by atoms with Crippen molar-refractivity contribution < 1.29 is 0 Å². The van der Waals surface area contributed by atoms with Crippen molar-refractivity contribution in [3.63, 3.8) is 0 Å². The van der Waals surface area contributed by atoms with Gasteiger partial charge in [-0.2, -0.15) is 0 Å². The molecule has 0 aliphatic carbocycles. The molecule has 0 amide bonds. The van der Waals surface area contributed by atoms with Gasteiger partial charge in [-0.1, -0.05) is 26.7 Å². The van der Waals surface area contributed by atoms with Gasteiger partial charge in [-0.15, -0.1) is 11.3 Å². The summed E-state index contributed by atoms with van der Waals surface area (Å²) in [7, 11) is 0. The van der Waals surface area contributed by atoms with Gasteiger partial charge in [0.2, 0.25) is 0 Å². The van der Waals surface area contributed by atoms with Gasteiger partial charge in [-0.3, -0.25) is 9.36 Å². The summed E-state index contributed by atoms with van der Waals surface area (Å²) < 4.78 is 3.04. The lowest BCUT2D eigenvalue weighted by Gasteiger charge is -2.23. The Bertz CT molecular complexity index is 649. The Hall–Kier alpha value is -0.940. The molecule has 5 heteroatoms. The van der Waals surface area contributed by atoms with Crippen LogP contribution >= 0.6 is 23.6 Å². The van der Waals surface area contributed by atoms with Gasteiger partial charge in [-0.05, 0) is 36.5 Å². The highest BCUT2D eigenvalue weighted by Crippen LogP contribution is 2.24. The summed E-state index contributed by atoms with van der Waals surface area (Å²) in [5.41, 5.74) is 0.895. The van der Waals surface area contributed by atoms with Crippen molar-refractivity contribution in [1.29, 1.82) is 0 Å². The van der Waals surface area contributed by atoms with Gasteiger partial charge in [0.1, 0.15) is 4.70 Å². The van der Waals surface area contributed by atoms with Crippen molar-refractivity contribution >= 4 is 33.8 Å². The van der Waals surface area contributed by atoms with E-state index in [2.05, 4.69) is 25.8 Å². The van der Waals surface area contributed by atoms with E-state index in [0.29, 0.717) is 10.7 Å². The van der Waals surface area contributed by atoms with Crippen molar-refractivity contribution in [2.75, 3.05) is 0 Å². The first-order valence-electron chi connectivity index (χ1n) is 6.32. The molecule has 0 aliphatic heterocycles. The van der Waals surface area contributed by atoms with Gasteiger partial charge >= 0.3 is 0 Å². The monoisotopic (exact) mass is 282 g/mol. The summed E-state index contributed by atoms with van der Waals surface area (Å²) >= 11 is 6.81. The number of nitrogens with one attached hydrogen (secondary N) is 1. The van der Waals surface area contributed by atoms with Crippen molar-refractivity contribution in [3.8, 4) is 0 Å². The Labute approximate surface area is 115 Å². The Morgan fingerprint density at radius 2 is 2.11 bits per heavy atom. The number of aromatic nitrogens is 2. The highest BCUT2D eigenvalue weighted by Gasteiger charge is 2.19. The third-order valence-electron chi connectivity index (χ3n) is 3.68. The molecule has 2 heterocycles. The predicted octanol–water partition coefficient (Wildman–Crippen LogP) is 4.12. The SMILES string of the molecule is CCC(CC)C(C)n1c(=S)[nH]c2ccsc2c1=O. The van der Waals surface area contributed by atoms with Crippen molar-refractivity contribution in [3.05, 3.63) is 26.6 Å². The van der Waals surface area contributed by atoms with Crippen LogP contribution in [0.2, 0.25) is 0 Å². The van der Waals surface area contributed by atoms with E-state index in [1.54, 1.807) is 4.57 Å². The van der Waals surface area contributed by atoms with E-state index >= 15 is 0 Å². The summed E-state index contributed by atoms with van der Waals surface area (Å²) in [6.07, 6.45) is 2.11. The van der Waals surface area contributed by atoms with Crippen LogP contribution < -0.4 is 5.56 Å². The molecule has 0 aromatic carbocycles. The second kappa shape index (κ2) is 5.36. The fourth-order valence-corrected chi connectivity index (χ4v) is 3.65. The Morgan fingerprint density at radius 1 is 1.44 bits per heavy atom. The Balaban J connectivity index is 2.63. The van der Waals surface area contributed by atoms with E-state index in [1.807, 2.05) is 11.4 Å². The Morgan fingerprint density at radius 3 is 2.72 bits per heavy atom. The fourth-order valence-electron chi connectivity index (χ4n) is 2.50. The van der Waals surface area contributed by atoms with E-state index in [0.717, 1.165) is 23.1 Å². The number of thiophene rings is 1. The molecule has 2 aromatic heterocycles. The predicted molar refractivity (Wildman–Crippen MR) is 80.1 cm³/mol. The number of hydrogen-bond donors (Lipinski definition) is 1. The van der Waals surface area contributed by atoms with E-state index in [1.165, 1.54) is 11.3 Å². The van der Waals surface area contributed by atoms with E-state index in [9.17, 15) is 4.79 Å². The molecule has 18 heavy (non-hydrogen) atoms. The summed E-state index contributed by atoms with van der Waals surface area (Å²) in [4.78, 5) is 15.6. The largest absolute Gasteiger partial charge is 0.331 e. The van der Waals surface area contributed by atoms with Crippen molar-refractivity contribution in [1.82, 2.24) is 9.55 Å². The summed E-state index contributed by atoms with van der Waals surface area (Å²) in [6.45, 7) is 6.40. The molecule has 0 aliphatic rings. The molecular formula is C13H18N2OS2. The van der Waals surface area contributed by atoms with Crippen LogP contribution in [-0.2, 0) is 0 Å². The van der Waals surface area contributed by atoms with Crippen LogP contribution in [0.3, 0.4) is 0 Å². The first-order valence-corrected chi connectivity index (χ1v) is 7.60. The van der Waals surface area contributed by atoms with Crippen LogP contribution in [0, 0.1) is 10.7 Å². The number of fused-ring (bicyclic) bond motifs is 1. The quantitative estimate of drug-likeness (QED) is 0.857. The van der Waals surface area contributed by atoms with Gasteiger partial charge in [0, 0.05) is 6.04 Å². The molecule has 0 radical (unpaired) electrons. The van der Waals surface area contributed by atoms with Gasteiger partial charge in [0.25, 0.3) is 5.56 Å². The molecule has 1 unspecified atom stereocenters. The number of hydrogen-bond acceptors (Lipinski definition) is 3. The van der Waals surface area contributed by atoms with Gasteiger partial charge in [-0.25, -0.2) is 0 Å². The van der Waals surface area contributed by atoms with Crippen LogP contribution in [0.1, 0.15) is 39.7 Å². The van der Waals surface area contributed by atoms with Crippen LogP contribution in [-0.4, -0.2) is 9.55 Å². The van der Waals surface area contributed by atoms with Crippen LogP contribution in [0.5, 0.6) is 0 Å². The highest BCUT2D eigenvalue weighted by molar-refractivity contribution is 7.71. The molecule has 0 saturated heterocycles. The second-order valence-electron chi connectivity index (χ2n) is 4.59. The molecule has 0 fully saturated rings. The molecule has 98 valence electrons. The molecule has 2 aromatic rings. The van der Waals surface area contributed by atoms with Gasteiger partial charge in [0.15, 0.2) is 4.77 Å². The van der Waals surface area contributed by atoms with Crippen molar-refractivity contribution in [2.24, 2.45) is 5.92 Å². The lowest BCUT2D eigenvalue weighted by Crippen LogP contribution is -2.28. The average Bonchev–Trinajstić information content (AvgIpc) is 2.78. The molecule has 3 nitrogen and oxygen atoms in total. The minimum atomic E-state index is 0.0446. The maximum Gasteiger partial charge on any atom is 0.272 e. The van der Waals surface area contributed by atoms with Gasteiger partial charge in [0.05, 0.1) is 5.52 Å². The molecule has 0 spiro atoms. The molecule has 0 bridgehead atoms. The maximum absolute atomic E-state index is 12.5. The first-order chi connectivity index (χ1) is 8.60. The summed E-state index contributed by atoms with van der Waals surface area (Å²) in [5, 5.41) is 1.92. The number of aromatic amines is 1. The van der Waals surface area contributed by atoms with Crippen LogP contribution in [0.15, 0.2) is 16.2 Å². The Kier molecular flexibility index (Phi) is 4.02. The second-order valence-corrected chi connectivity index (χ2v) is 5.89. The number of H-pyrrole nitrogens is 1. The molecular weight excluding hydrogens is 264 g/mol. The van der Waals surface area contributed by atoms with Crippen molar-refractivity contribution in [2.45, 2.75) is 39.7 Å². The third kappa shape index (κ3) is 2.17. The van der Waals surface area contributed by atoms with Gasteiger partial charge < -0.3 is 4.98 Å². The highest BCUT2D eigenvalue weighted by atomic mass is 32.1. The fraction of sp³-hybridized carbons (Fsp3) is 0.538. The zero-order valence-corrected chi connectivity index (χ0v) is 12.5. The standard InChI is InChI=1S/C13H18N2OS2/c1-4-9(5-2)8(3)15-12(16)11-10(6-7-18-11)14-13(15)17/h6-9H,4-5H2,1-3H3,(H,14,17). The smallest absolute Gasteiger partial charge is 0.272 e. The van der Waals surface area contributed by atoms with E-state index < -0.39 is 0 Å². The zero-order chi connectivity index (χ0) is 13.3. The lowest BCUT2D eigenvalue weighted by atomic mass is 9.95.